The first-order valence-corrected chi connectivity index (χ1v) is 7.29. The number of hydrogen-bond acceptors (Lipinski definition) is 4. The van der Waals surface area contributed by atoms with E-state index in [1.54, 1.807) is 24.3 Å². The fourth-order valence-corrected chi connectivity index (χ4v) is 1.97. The molecule has 2 rings (SSSR count). The van der Waals surface area contributed by atoms with E-state index in [9.17, 15) is 18.0 Å². The molecule has 0 saturated heterocycles. The van der Waals surface area contributed by atoms with Gasteiger partial charge in [-0.3, -0.25) is 4.79 Å². The van der Waals surface area contributed by atoms with Crippen molar-refractivity contribution in [1.82, 2.24) is 5.32 Å². The molecule has 0 unspecified atom stereocenters. The van der Waals surface area contributed by atoms with Crippen molar-refractivity contribution < 1.29 is 32.2 Å². The lowest BCUT2D eigenvalue weighted by Crippen LogP contribution is -2.28. The monoisotopic (exact) mass is 355 g/mol. The number of hydrogen-bond donors (Lipinski definition) is 1. The zero-order valence-corrected chi connectivity index (χ0v) is 13.3. The van der Waals surface area contributed by atoms with Crippen LogP contribution < -0.4 is 19.5 Å². The first-order valence-electron chi connectivity index (χ1n) is 7.29. The summed E-state index contributed by atoms with van der Waals surface area (Å²) in [7, 11) is 1.52. The van der Waals surface area contributed by atoms with Crippen molar-refractivity contribution in [2.24, 2.45) is 0 Å². The highest BCUT2D eigenvalue weighted by atomic mass is 19.4. The molecule has 2 aromatic carbocycles. The molecule has 0 aliphatic carbocycles. The molecule has 8 heteroatoms. The van der Waals surface area contributed by atoms with Gasteiger partial charge >= 0.3 is 6.36 Å². The van der Waals surface area contributed by atoms with Crippen LogP contribution in [0.3, 0.4) is 0 Å². The number of alkyl halides is 3. The second-order valence-corrected chi connectivity index (χ2v) is 4.83. The van der Waals surface area contributed by atoms with Crippen molar-refractivity contribution >= 4 is 5.91 Å². The van der Waals surface area contributed by atoms with Gasteiger partial charge in [0.2, 0.25) is 0 Å². The van der Waals surface area contributed by atoms with E-state index in [0.29, 0.717) is 11.5 Å². The second-order valence-electron chi connectivity index (χ2n) is 4.83. The maximum absolute atomic E-state index is 12.1. The van der Waals surface area contributed by atoms with Gasteiger partial charge in [0.05, 0.1) is 13.7 Å². The van der Waals surface area contributed by atoms with Gasteiger partial charge in [-0.15, -0.1) is 13.2 Å². The van der Waals surface area contributed by atoms with E-state index in [-0.39, 0.29) is 24.5 Å². The van der Waals surface area contributed by atoms with Crippen molar-refractivity contribution in [3.05, 3.63) is 54.1 Å². The summed E-state index contributed by atoms with van der Waals surface area (Å²) in [4.78, 5) is 11.9. The van der Waals surface area contributed by atoms with Crippen LogP contribution in [-0.4, -0.2) is 32.5 Å². The molecule has 0 aromatic heterocycles. The lowest BCUT2D eigenvalue weighted by molar-refractivity contribution is -0.274. The number of methoxy groups -OCH3 is 1. The minimum atomic E-state index is -4.76. The first-order chi connectivity index (χ1) is 11.9. The quantitative estimate of drug-likeness (QED) is 0.774. The van der Waals surface area contributed by atoms with Crippen LogP contribution in [0.4, 0.5) is 13.2 Å². The molecule has 0 aliphatic rings. The van der Waals surface area contributed by atoms with Crippen LogP contribution >= 0.6 is 0 Å². The lowest BCUT2D eigenvalue weighted by Gasteiger charge is -2.11. The van der Waals surface area contributed by atoms with Gasteiger partial charge in [0.1, 0.15) is 12.4 Å². The van der Waals surface area contributed by atoms with Gasteiger partial charge in [-0.25, -0.2) is 0 Å². The summed E-state index contributed by atoms with van der Waals surface area (Å²) >= 11 is 0. The Hall–Kier alpha value is -2.90. The molecule has 0 radical (unpaired) electrons. The number of amides is 1. The number of carbonyl (C=O) groups is 1. The smallest absolute Gasteiger partial charge is 0.493 e. The van der Waals surface area contributed by atoms with Crippen molar-refractivity contribution in [3.63, 3.8) is 0 Å². The maximum Gasteiger partial charge on any atom is 0.573 e. The summed E-state index contributed by atoms with van der Waals surface area (Å²) in [5.74, 6) is 0.313. The number of nitrogens with one attached hydrogen (secondary N) is 1. The molecule has 1 N–H and O–H groups in total. The second kappa shape index (κ2) is 8.27. The van der Waals surface area contributed by atoms with E-state index in [0.717, 1.165) is 12.1 Å². The van der Waals surface area contributed by atoms with Gasteiger partial charge < -0.3 is 19.5 Å². The molecule has 0 heterocycles. The predicted octanol–water partition coefficient (Wildman–Crippen LogP) is 3.40. The number of benzene rings is 2. The largest absolute Gasteiger partial charge is 0.573 e. The molecular weight excluding hydrogens is 339 g/mol. The summed E-state index contributed by atoms with van der Waals surface area (Å²) in [5, 5.41) is 2.61. The molecule has 25 heavy (non-hydrogen) atoms. The van der Waals surface area contributed by atoms with Gasteiger partial charge in [-0.1, -0.05) is 12.1 Å². The Morgan fingerprint density at radius 2 is 1.68 bits per heavy atom. The number of rotatable bonds is 7. The average molecular weight is 355 g/mol. The van der Waals surface area contributed by atoms with Gasteiger partial charge in [0.25, 0.3) is 5.91 Å². The van der Waals surface area contributed by atoms with Crippen molar-refractivity contribution in [3.8, 4) is 17.2 Å². The molecule has 0 atom stereocenters. The number of para-hydroxylation sites is 2. The summed E-state index contributed by atoms with van der Waals surface area (Å²) in [6.07, 6.45) is -4.76. The highest BCUT2D eigenvalue weighted by Gasteiger charge is 2.31. The Morgan fingerprint density at radius 1 is 1.04 bits per heavy atom. The third-order valence-corrected chi connectivity index (χ3v) is 3.06. The van der Waals surface area contributed by atoms with E-state index in [1.165, 1.54) is 19.2 Å². The third-order valence-electron chi connectivity index (χ3n) is 3.06. The molecular formula is C17H16F3NO4. The molecule has 0 bridgehead atoms. The Morgan fingerprint density at radius 3 is 2.28 bits per heavy atom. The molecule has 0 saturated carbocycles. The normalized spacial score (nSPS) is 10.9. The summed E-state index contributed by atoms with van der Waals surface area (Å²) in [5.41, 5.74) is 0.215. The molecule has 0 aliphatic heterocycles. The van der Waals surface area contributed by atoms with Crippen molar-refractivity contribution in [2.45, 2.75) is 6.36 Å². The Kier molecular flexibility index (Phi) is 6.10. The third kappa shape index (κ3) is 5.91. The van der Waals surface area contributed by atoms with E-state index in [1.807, 2.05) is 0 Å². The minimum Gasteiger partial charge on any atom is -0.493 e. The van der Waals surface area contributed by atoms with Gasteiger partial charge in [0.15, 0.2) is 11.5 Å². The fourth-order valence-electron chi connectivity index (χ4n) is 1.97. The van der Waals surface area contributed by atoms with Crippen LogP contribution in [-0.2, 0) is 0 Å². The predicted molar refractivity (Wildman–Crippen MR) is 83.9 cm³/mol. The van der Waals surface area contributed by atoms with Crippen LogP contribution in [0.5, 0.6) is 17.2 Å². The van der Waals surface area contributed by atoms with E-state index >= 15 is 0 Å². The molecule has 2 aromatic rings. The van der Waals surface area contributed by atoms with Crippen LogP contribution in [0.15, 0.2) is 48.5 Å². The number of carbonyl (C=O) groups excluding carboxylic acids is 1. The van der Waals surface area contributed by atoms with E-state index in [4.69, 9.17) is 9.47 Å². The van der Waals surface area contributed by atoms with Gasteiger partial charge in [-0.2, -0.15) is 0 Å². The Labute approximate surface area is 142 Å². The number of ether oxygens (including phenoxy) is 3. The minimum absolute atomic E-state index is 0.210. The molecule has 0 fully saturated rings. The topological polar surface area (TPSA) is 56.8 Å². The zero-order valence-electron chi connectivity index (χ0n) is 13.3. The first kappa shape index (κ1) is 18.4. The van der Waals surface area contributed by atoms with Crippen molar-refractivity contribution in [1.29, 1.82) is 0 Å². The maximum atomic E-state index is 12.1. The van der Waals surface area contributed by atoms with Crippen LogP contribution in [0.25, 0.3) is 0 Å². The summed E-state index contributed by atoms with van der Waals surface area (Å²) in [6, 6.07) is 11.7. The molecule has 5 nitrogen and oxygen atoms in total. The van der Waals surface area contributed by atoms with Gasteiger partial charge in [0, 0.05) is 5.56 Å². The Bertz CT molecular complexity index is 702. The SMILES string of the molecule is COc1ccccc1OCCNC(=O)c1ccc(OC(F)(F)F)cc1. The standard InChI is InChI=1S/C17H16F3NO4/c1-23-14-4-2-3-5-15(14)24-11-10-21-16(22)12-6-8-13(9-7-12)25-17(18,19)20/h2-9H,10-11H2,1H3,(H,21,22). The summed E-state index contributed by atoms with van der Waals surface area (Å²) < 4.78 is 50.6. The van der Waals surface area contributed by atoms with E-state index < -0.39 is 12.3 Å². The fraction of sp³-hybridized carbons (Fsp3) is 0.235. The molecule has 134 valence electrons. The average Bonchev–Trinajstić information content (AvgIpc) is 2.58. The van der Waals surface area contributed by atoms with Gasteiger partial charge in [-0.05, 0) is 36.4 Å². The number of halogens is 3. The van der Waals surface area contributed by atoms with Crippen molar-refractivity contribution in [2.75, 3.05) is 20.3 Å². The lowest BCUT2D eigenvalue weighted by atomic mass is 10.2. The van der Waals surface area contributed by atoms with Crippen LogP contribution in [0.1, 0.15) is 10.4 Å². The molecule has 0 spiro atoms. The van der Waals surface area contributed by atoms with Crippen LogP contribution in [0, 0.1) is 0 Å². The van der Waals surface area contributed by atoms with Crippen LogP contribution in [0.2, 0.25) is 0 Å². The van der Waals surface area contributed by atoms with E-state index in [2.05, 4.69) is 10.1 Å². The Balaban J connectivity index is 1.80. The molecule has 1 amide bonds. The zero-order chi connectivity index (χ0) is 18.3. The highest BCUT2D eigenvalue weighted by Crippen LogP contribution is 2.25. The highest BCUT2D eigenvalue weighted by molar-refractivity contribution is 5.94. The summed E-state index contributed by atoms with van der Waals surface area (Å²) in [6.45, 7) is 0.430.